The quantitative estimate of drug-likeness (QED) is 0.694. The second-order valence-electron chi connectivity index (χ2n) is 5.24. The third kappa shape index (κ3) is 3.87. The minimum absolute atomic E-state index is 0.128. The lowest BCUT2D eigenvalue weighted by molar-refractivity contribution is -0.148. The summed E-state index contributed by atoms with van der Waals surface area (Å²) in [4.78, 5) is 23.7. The van der Waals surface area contributed by atoms with Crippen molar-refractivity contribution in [3.63, 3.8) is 0 Å². The van der Waals surface area contributed by atoms with Gasteiger partial charge in [0, 0.05) is 0 Å². The summed E-state index contributed by atoms with van der Waals surface area (Å²) >= 11 is 0. The Morgan fingerprint density at radius 2 is 1.88 bits per heavy atom. The Kier molecular flexibility index (Phi) is 3.64. The highest BCUT2D eigenvalue weighted by Gasteiger charge is 2.48. The third-order valence-corrected chi connectivity index (χ3v) is 2.29. The number of methoxy groups -OCH3 is 1. The molecule has 0 saturated carbocycles. The molecule has 1 heterocycles. The zero-order chi connectivity index (χ0) is 13.3. The molecule has 1 saturated heterocycles. The van der Waals surface area contributed by atoms with Crippen LogP contribution in [-0.4, -0.2) is 48.4 Å². The fraction of sp³-hybridized carbons (Fsp3) is 0.818. The molecule has 0 aliphatic carbocycles. The van der Waals surface area contributed by atoms with Crippen LogP contribution in [0.5, 0.6) is 0 Å². The molecule has 0 aromatic rings. The predicted octanol–water partition coefficient (Wildman–Crippen LogP) is 1.51. The van der Waals surface area contributed by atoms with Gasteiger partial charge in [0.15, 0.2) is 5.67 Å². The maximum atomic E-state index is 13.8. The molecule has 0 aromatic carbocycles. The number of carbonyl (C=O) groups excluding carboxylic acids is 2. The SMILES string of the molecule is COC(=O)CC1(F)CN(C(=O)OC(C)(C)C)C1. The number of likely N-dealkylation sites (tertiary alicyclic amines) is 1. The van der Waals surface area contributed by atoms with Crippen molar-refractivity contribution < 1.29 is 23.5 Å². The maximum absolute atomic E-state index is 13.8. The highest BCUT2D eigenvalue weighted by molar-refractivity contribution is 5.73. The van der Waals surface area contributed by atoms with Crippen LogP contribution in [0.1, 0.15) is 27.2 Å². The Morgan fingerprint density at radius 1 is 1.35 bits per heavy atom. The van der Waals surface area contributed by atoms with Crippen molar-refractivity contribution in [1.29, 1.82) is 0 Å². The van der Waals surface area contributed by atoms with E-state index in [2.05, 4.69) is 4.74 Å². The van der Waals surface area contributed by atoms with Crippen LogP contribution in [0.4, 0.5) is 9.18 Å². The van der Waals surface area contributed by atoms with Gasteiger partial charge in [0.2, 0.25) is 0 Å². The monoisotopic (exact) mass is 247 g/mol. The smallest absolute Gasteiger partial charge is 0.410 e. The average Bonchev–Trinajstić information content (AvgIpc) is 2.10. The van der Waals surface area contributed by atoms with E-state index in [1.165, 1.54) is 12.0 Å². The summed E-state index contributed by atoms with van der Waals surface area (Å²) in [6.07, 6.45) is -0.890. The fourth-order valence-corrected chi connectivity index (χ4v) is 1.54. The van der Waals surface area contributed by atoms with E-state index < -0.39 is 23.3 Å². The van der Waals surface area contributed by atoms with Gasteiger partial charge in [-0.3, -0.25) is 4.79 Å². The van der Waals surface area contributed by atoms with E-state index in [1.54, 1.807) is 20.8 Å². The van der Waals surface area contributed by atoms with Crippen molar-refractivity contribution in [1.82, 2.24) is 4.90 Å². The van der Waals surface area contributed by atoms with Crippen molar-refractivity contribution in [2.45, 2.75) is 38.5 Å². The molecule has 0 radical (unpaired) electrons. The van der Waals surface area contributed by atoms with Gasteiger partial charge in [-0.25, -0.2) is 9.18 Å². The molecular weight excluding hydrogens is 229 g/mol. The second kappa shape index (κ2) is 4.50. The number of esters is 1. The molecule has 6 heteroatoms. The minimum atomic E-state index is -1.68. The molecule has 0 spiro atoms. The molecule has 0 aromatic heterocycles. The van der Waals surface area contributed by atoms with Crippen molar-refractivity contribution in [2.24, 2.45) is 0 Å². The zero-order valence-corrected chi connectivity index (χ0v) is 10.6. The number of carbonyl (C=O) groups is 2. The van der Waals surface area contributed by atoms with Gasteiger partial charge < -0.3 is 14.4 Å². The van der Waals surface area contributed by atoms with E-state index in [0.717, 1.165) is 0 Å². The van der Waals surface area contributed by atoms with Crippen LogP contribution in [0.2, 0.25) is 0 Å². The Hall–Kier alpha value is -1.33. The first-order valence-corrected chi connectivity index (χ1v) is 5.39. The van der Waals surface area contributed by atoms with Crippen molar-refractivity contribution in [2.75, 3.05) is 20.2 Å². The lowest BCUT2D eigenvalue weighted by atomic mass is 9.93. The van der Waals surface area contributed by atoms with E-state index in [0.29, 0.717) is 0 Å². The van der Waals surface area contributed by atoms with Gasteiger partial charge in [0.05, 0.1) is 26.6 Å². The molecule has 0 N–H and O–H groups in total. The number of halogens is 1. The van der Waals surface area contributed by atoms with Crippen LogP contribution in [0.15, 0.2) is 0 Å². The zero-order valence-electron chi connectivity index (χ0n) is 10.6. The molecule has 0 atom stereocenters. The van der Waals surface area contributed by atoms with E-state index >= 15 is 0 Å². The summed E-state index contributed by atoms with van der Waals surface area (Å²) in [6, 6.07) is 0. The standard InChI is InChI=1S/C11H18FNO4/c1-10(2,3)17-9(15)13-6-11(12,7-13)5-8(14)16-4/h5-7H2,1-4H3. The van der Waals surface area contributed by atoms with Gasteiger partial charge in [-0.1, -0.05) is 0 Å². The Morgan fingerprint density at radius 3 is 2.29 bits per heavy atom. The second-order valence-corrected chi connectivity index (χ2v) is 5.24. The molecule has 0 bridgehead atoms. The maximum Gasteiger partial charge on any atom is 0.410 e. The first-order chi connectivity index (χ1) is 7.65. The molecule has 17 heavy (non-hydrogen) atoms. The largest absolute Gasteiger partial charge is 0.469 e. The van der Waals surface area contributed by atoms with Crippen molar-refractivity contribution in [3.8, 4) is 0 Å². The Bertz CT molecular complexity index is 318. The first kappa shape index (κ1) is 13.7. The molecule has 1 rings (SSSR count). The highest BCUT2D eigenvalue weighted by Crippen LogP contribution is 2.30. The number of rotatable bonds is 2. The van der Waals surface area contributed by atoms with Crippen LogP contribution >= 0.6 is 0 Å². The summed E-state index contributed by atoms with van der Waals surface area (Å²) in [5, 5.41) is 0. The van der Waals surface area contributed by atoms with Gasteiger partial charge in [0.25, 0.3) is 0 Å². The number of amides is 1. The molecule has 1 aliphatic heterocycles. The molecule has 98 valence electrons. The van der Waals surface area contributed by atoms with Crippen LogP contribution in [-0.2, 0) is 14.3 Å². The van der Waals surface area contributed by atoms with Crippen LogP contribution in [0.3, 0.4) is 0 Å². The molecule has 1 fully saturated rings. The molecule has 1 aliphatic rings. The first-order valence-electron chi connectivity index (χ1n) is 5.39. The molecule has 1 amide bonds. The molecule has 5 nitrogen and oxygen atoms in total. The highest BCUT2D eigenvalue weighted by atomic mass is 19.1. The summed E-state index contributed by atoms with van der Waals surface area (Å²) in [6.45, 7) is 4.96. The van der Waals surface area contributed by atoms with Crippen molar-refractivity contribution in [3.05, 3.63) is 0 Å². The summed E-state index contributed by atoms with van der Waals surface area (Å²) in [7, 11) is 1.20. The van der Waals surface area contributed by atoms with Crippen LogP contribution < -0.4 is 0 Å². The van der Waals surface area contributed by atoms with E-state index in [4.69, 9.17) is 4.74 Å². The minimum Gasteiger partial charge on any atom is -0.469 e. The number of hydrogen-bond acceptors (Lipinski definition) is 4. The number of alkyl halides is 1. The van der Waals surface area contributed by atoms with Gasteiger partial charge in [0.1, 0.15) is 5.60 Å². The number of hydrogen-bond donors (Lipinski definition) is 0. The molecule has 0 unspecified atom stereocenters. The average molecular weight is 247 g/mol. The lowest BCUT2D eigenvalue weighted by Crippen LogP contribution is -2.62. The van der Waals surface area contributed by atoms with Gasteiger partial charge in [-0.05, 0) is 20.8 Å². The fourth-order valence-electron chi connectivity index (χ4n) is 1.54. The topological polar surface area (TPSA) is 55.8 Å². The van der Waals surface area contributed by atoms with E-state index in [-0.39, 0.29) is 19.5 Å². The van der Waals surface area contributed by atoms with Crippen LogP contribution in [0, 0.1) is 0 Å². The molecular formula is C11H18FNO4. The number of ether oxygens (including phenoxy) is 2. The van der Waals surface area contributed by atoms with E-state index in [9.17, 15) is 14.0 Å². The van der Waals surface area contributed by atoms with Crippen LogP contribution in [0.25, 0.3) is 0 Å². The normalized spacial score (nSPS) is 18.3. The number of nitrogens with zero attached hydrogens (tertiary/aromatic N) is 1. The van der Waals surface area contributed by atoms with Gasteiger partial charge in [-0.2, -0.15) is 0 Å². The van der Waals surface area contributed by atoms with Gasteiger partial charge >= 0.3 is 12.1 Å². The van der Waals surface area contributed by atoms with E-state index in [1.807, 2.05) is 0 Å². The summed E-state index contributed by atoms with van der Waals surface area (Å²) in [5.41, 5.74) is -2.28. The predicted molar refractivity (Wildman–Crippen MR) is 58.3 cm³/mol. The summed E-state index contributed by atoms with van der Waals surface area (Å²) < 4.78 is 23.3. The van der Waals surface area contributed by atoms with Gasteiger partial charge in [-0.15, -0.1) is 0 Å². The third-order valence-electron chi connectivity index (χ3n) is 2.29. The summed E-state index contributed by atoms with van der Waals surface area (Å²) in [5.74, 6) is -0.615. The Balaban J connectivity index is 2.40. The lowest BCUT2D eigenvalue weighted by Gasteiger charge is -2.43. The Labute approximate surface area is 99.9 Å². The van der Waals surface area contributed by atoms with Crippen molar-refractivity contribution >= 4 is 12.1 Å².